The number of aliphatic hydroxyl groups is 1. The summed E-state index contributed by atoms with van der Waals surface area (Å²) < 4.78 is 33.4. The first kappa shape index (κ1) is 35.4. The second kappa shape index (κ2) is 12.7. The fourth-order valence-corrected chi connectivity index (χ4v) is 11.3. The molecule has 4 fully saturated rings. The molecule has 6 rings (SSSR count). The third-order valence-electron chi connectivity index (χ3n) is 11.8. The fourth-order valence-electron chi connectivity index (χ4n) is 8.47. The molecule has 1 aromatic heterocycles. The number of sulfone groups is 1. The van der Waals surface area contributed by atoms with E-state index in [9.17, 15) is 28.2 Å². The first-order chi connectivity index (χ1) is 23.0. The molecule has 0 radical (unpaired) electrons. The van der Waals surface area contributed by atoms with Crippen LogP contribution in [-0.2, 0) is 24.8 Å². The Morgan fingerprint density at radius 3 is 2.37 bits per heavy atom. The number of hydrogen-bond acceptors (Lipinski definition) is 10. The van der Waals surface area contributed by atoms with Gasteiger partial charge in [0.2, 0.25) is 5.95 Å². The van der Waals surface area contributed by atoms with Gasteiger partial charge in [-0.15, -0.1) is 0 Å². The molecule has 1 spiro atoms. The third kappa shape index (κ3) is 6.37. The number of carboxylic acid groups (broad SMARTS) is 1. The molecule has 2 atom stereocenters. The van der Waals surface area contributed by atoms with Crippen molar-refractivity contribution in [3.05, 3.63) is 35.5 Å². The zero-order chi connectivity index (χ0) is 35.4. The smallest absolute Gasteiger partial charge is 0.407 e. The molecule has 1 saturated heterocycles. The molecular weight excluding hydrogens is 646 g/mol. The molecule has 1 amide bonds. The van der Waals surface area contributed by atoms with Crippen LogP contribution >= 0.6 is 0 Å². The largest absolute Gasteiger partial charge is 0.465 e. The number of ether oxygens (including phenoxy) is 1. The normalized spacial score (nSPS) is 24.1. The quantitative estimate of drug-likeness (QED) is 0.228. The molecule has 0 bridgehead atoms. The maximum Gasteiger partial charge on any atom is 0.407 e. The lowest BCUT2D eigenvalue weighted by Crippen LogP contribution is -2.65. The van der Waals surface area contributed by atoms with Crippen molar-refractivity contribution in [3.8, 4) is 0 Å². The van der Waals surface area contributed by atoms with Crippen molar-refractivity contribution in [1.82, 2.24) is 14.9 Å². The number of likely N-dealkylation sites (tertiary alicyclic amines) is 1. The van der Waals surface area contributed by atoms with E-state index >= 15 is 0 Å². The number of carbonyl (C=O) groups is 2. The number of aliphatic hydroxyl groups excluding tert-OH is 1. The molecule has 2 aromatic rings. The zero-order valence-electron chi connectivity index (χ0n) is 29.3. The van der Waals surface area contributed by atoms with Crippen LogP contribution < -0.4 is 10.6 Å². The Bertz CT molecular complexity index is 1700. The predicted molar refractivity (Wildman–Crippen MR) is 186 cm³/mol. The van der Waals surface area contributed by atoms with Gasteiger partial charge < -0.3 is 30.5 Å². The highest BCUT2D eigenvalue weighted by atomic mass is 32.2. The fraction of sp³-hybridized carbons (Fsp3) is 0.667. The Balaban J connectivity index is 1.25. The summed E-state index contributed by atoms with van der Waals surface area (Å²) in [4.78, 5) is 35.6. The van der Waals surface area contributed by atoms with Gasteiger partial charge in [-0.25, -0.2) is 18.2 Å². The molecule has 2 heterocycles. The number of amides is 1. The van der Waals surface area contributed by atoms with Gasteiger partial charge in [0.25, 0.3) is 0 Å². The van der Waals surface area contributed by atoms with Crippen molar-refractivity contribution >= 4 is 39.4 Å². The SMILES string of the molecule is CCOC(=O)C1(c2cnc(Nc3ccc(S(=O)(=O)C4(C(C)(C)C)CC5(CCN(C(=O)O)CC5)C4)cc3C)nc2N[C@@H]2CCC[C@@H](O)C2)CC1. The zero-order valence-corrected chi connectivity index (χ0v) is 30.2. The van der Waals surface area contributed by atoms with Crippen LogP contribution in [0.5, 0.6) is 0 Å². The van der Waals surface area contributed by atoms with Crippen LogP contribution in [0.25, 0.3) is 0 Å². The summed E-state index contributed by atoms with van der Waals surface area (Å²) in [5.41, 5.74) is 0.591. The second-order valence-electron chi connectivity index (χ2n) is 15.9. The van der Waals surface area contributed by atoms with E-state index < -0.39 is 31.5 Å². The van der Waals surface area contributed by atoms with Crippen molar-refractivity contribution in [2.75, 3.05) is 30.3 Å². The summed E-state index contributed by atoms with van der Waals surface area (Å²) in [5.74, 6) is 0.565. The number of anilines is 3. The number of nitrogens with one attached hydrogen (secondary N) is 2. The van der Waals surface area contributed by atoms with Gasteiger partial charge in [0.15, 0.2) is 9.84 Å². The van der Waals surface area contributed by atoms with Crippen LogP contribution in [0.15, 0.2) is 29.3 Å². The predicted octanol–water partition coefficient (Wildman–Crippen LogP) is 5.95. The Labute approximate surface area is 289 Å². The van der Waals surface area contributed by atoms with Gasteiger partial charge >= 0.3 is 12.1 Å². The number of esters is 1. The van der Waals surface area contributed by atoms with Crippen LogP contribution in [-0.4, -0.2) is 82.2 Å². The maximum atomic E-state index is 14.5. The minimum Gasteiger partial charge on any atom is -0.465 e. The summed E-state index contributed by atoms with van der Waals surface area (Å²) in [6.07, 6.45) is 7.16. The number of hydrogen-bond donors (Lipinski definition) is 4. The van der Waals surface area contributed by atoms with Gasteiger partial charge in [-0.3, -0.25) is 4.79 Å². The summed E-state index contributed by atoms with van der Waals surface area (Å²) in [6.45, 7) is 10.8. The summed E-state index contributed by atoms with van der Waals surface area (Å²) in [5, 5.41) is 26.5. The summed E-state index contributed by atoms with van der Waals surface area (Å²) >= 11 is 0. The Morgan fingerprint density at radius 2 is 1.80 bits per heavy atom. The molecule has 268 valence electrons. The third-order valence-corrected chi connectivity index (χ3v) is 14.6. The van der Waals surface area contributed by atoms with Crippen molar-refractivity contribution in [3.63, 3.8) is 0 Å². The number of nitrogens with zero attached hydrogens (tertiary/aromatic N) is 3. The van der Waals surface area contributed by atoms with Gasteiger partial charge in [-0.05, 0) is 113 Å². The van der Waals surface area contributed by atoms with E-state index in [4.69, 9.17) is 9.72 Å². The van der Waals surface area contributed by atoms with E-state index in [-0.39, 0.29) is 35.0 Å². The number of aromatic nitrogens is 2. The molecule has 1 aromatic carbocycles. The topological polar surface area (TPSA) is 171 Å². The Kier molecular flexibility index (Phi) is 9.17. The number of rotatable bonds is 9. The average molecular weight is 698 g/mol. The number of carbonyl (C=O) groups excluding carboxylic acids is 1. The van der Waals surface area contributed by atoms with Crippen LogP contribution in [0.4, 0.5) is 22.2 Å². The van der Waals surface area contributed by atoms with Crippen LogP contribution in [0, 0.1) is 17.8 Å². The molecule has 3 saturated carbocycles. The van der Waals surface area contributed by atoms with E-state index in [1.165, 1.54) is 4.90 Å². The van der Waals surface area contributed by atoms with Gasteiger partial charge in [0.05, 0.1) is 27.8 Å². The van der Waals surface area contributed by atoms with Crippen molar-refractivity contribution in [2.45, 2.75) is 126 Å². The molecule has 1 aliphatic heterocycles. The molecule has 13 heteroatoms. The number of benzene rings is 1. The van der Waals surface area contributed by atoms with Gasteiger partial charge in [0.1, 0.15) is 5.82 Å². The highest BCUT2D eigenvalue weighted by Crippen LogP contribution is 2.65. The molecule has 3 aliphatic carbocycles. The lowest BCUT2D eigenvalue weighted by molar-refractivity contribution is -0.146. The second-order valence-corrected chi connectivity index (χ2v) is 18.2. The van der Waals surface area contributed by atoms with Crippen LogP contribution in [0.1, 0.15) is 103 Å². The minimum atomic E-state index is -3.76. The summed E-state index contributed by atoms with van der Waals surface area (Å²) in [7, 11) is -3.76. The van der Waals surface area contributed by atoms with Crippen molar-refractivity contribution < 1.29 is 33.0 Å². The number of piperidine rings is 1. The van der Waals surface area contributed by atoms with Crippen molar-refractivity contribution in [1.29, 1.82) is 0 Å². The van der Waals surface area contributed by atoms with E-state index in [1.807, 2.05) is 27.7 Å². The van der Waals surface area contributed by atoms with Gasteiger partial charge in [0, 0.05) is 36.6 Å². The minimum absolute atomic E-state index is 0.0000285. The molecule has 49 heavy (non-hydrogen) atoms. The monoisotopic (exact) mass is 697 g/mol. The van der Waals surface area contributed by atoms with Crippen LogP contribution in [0.2, 0.25) is 0 Å². The highest BCUT2D eigenvalue weighted by molar-refractivity contribution is 7.93. The molecule has 12 nitrogen and oxygen atoms in total. The Hall–Kier alpha value is -3.45. The average Bonchev–Trinajstić information content (AvgIpc) is 3.82. The highest BCUT2D eigenvalue weighted by Gasteiger charge is 2.66. The summed E-state index contributed by atoms with van der Waals surface area (Å²) in [6, 6.07) is 5.11. The molecule has 0 unspecified atom stereocenters. The van der Waals surface area contributed by atoms with E-state index in [0.29, 0.717) is 81.1 Å². The van der Waals surface area contributed by atoms with E-state index in [0.717, 1.165) is 24.8 Å². The standard InChI is InChI=1S/C36H51N5O7S/c1-6-48-30(43)35(12-13-35)27-20-37-31(40-29(27)38-24-8-7-9-25(42)19-24)39-28-11-10-26(18-23(28)2)49(46,47)36(33(3,4)5)21-34(22-36)14-16-41(17-15-34)32(44)45/h10-11,18,20,24-25,42H,6-9,12-17,19,21-22H2,1-5H3,(H,44,45)(H2,37,38,39,40)/t24-,25-/m1/s1. The van der Waals surface area contributed by atoms with E-state index in [1.54, 1.807) is 31.3 Å². The first-order valence-electron chi connectivity index (χ1n) is 17.6. The molecule has 4 N–H and O–H groups in total. The molecule has 4 aliphatic rings. The lowest BCUT2D eigenvalue weighted by atomic mass is 9.51. The van der Waals surface area contributed by atoms with Gasteiger partial charge in [-0.2, -0.15) is 4.98 Å². The van der Waals surface area contributed by atoms with Crippen molar-refractivity contribution in [2.24, 2.45) is 10.8 Å². The van der Waals surface area contributed by atoms with E-state index in [2.05, 4.69) is 15.6 Å². The van der Waals surface area contributed by atoms with Crippen LogP contribution in [0.3, 0.4) is 0 Å². The molecular formula is C36H51N5O7S. The Morgan fingerprint density at radius 1 is 1.10 bits per heavy atom. The van der Waals surface area contributed by atoms with Gasteiger partial charge in [-0.1, -0.05) is 20.8 Å². The lowest BCUT2D eigenvalue weighted by Gasteiger charge is -2.62. The first-order valence-corrected chi connectivity index (χ1v) is 19.1. The maximum absolute atomic E-state index is 14.5. The number of aryl methyl sites for hydroxylation is 1.